The van der Waals surface area contributed by atoms with Crippen molar-refractivity contribution in [3.05, 3.63) is 0 Å². The number of hydrogen-bond acceptors (Lipinski definition) is 3. The summed E-state index contributed by atoms with van der Waals surface area (Å²) in [4.78, 5) is 0. The van der Waals surface area contributed by atoms with Gasteiger partial charge < -0.3 is 16.4 Å². The van der Waals surface area contributed by atoms with Gasteiger partial charge in [0.1, 0.15) is 0 Å². The smallest absolute Gasteiger partial charge is 0.00681 e. The van der Waals surface area contributed by atoms with E-state index in [9.17, 15) is 0 Å². The van der Waals surface area contributed by atoms with E-state index >= 15 is 0 Å². The molecular weight excluding hydrogens is 162 g/mol. The van der Waals surface area contributed by atoms with Crippen molar-refractivity contribution < 1.29 is 0 Å². The third-order valence-corrected chi connectivity index (χ3v) is 2.26. The molecule has 1 rings (SSSR count). The minimum absolute atomic E-state index is 0.481. The average Bonchev–Trinajstić information content (AvgIpc) is 2.11. The molecule has 1 saturated carbocycles. The van der Waals surface area contributed by atoms with Gasteiger partial charge in [-0.3, -0.25) is 0 Å². The first-order chi connectivity index (χ1) is 6.24. The van der Waals surface area contributed by atoms with Crippen LogP contribution in [0.2, 0.25) is 0 Å². The molecule has 3 heteroatoms. The average molecular weight is 187 g/mol. The molecule has 0 spiro atoms. The van der Waals surface area contributed by atoms with Crippen LogP contribution in [0.5, 0.6) is 0 Å². The van der Waals surface area contributed by atoms with Gasteiger partial charge in [0.05, 0.1) is 0 Å². The molecule has 0 aromatic carbocycles. The van der Waals surface area contributed by atoms with Gasteiger partial charge in [-0.1, -0.05) is 6.92 Å². The zero-order valence-corrected chi connectivity index (χ0v) is 9.27. The highest BCUT2D eigenvalue weighted by Crippen LogP contribution is 2.16. The molecule has 0 unspecified atom stereocenters. The van der Waals surface area contributed by atoms with E-state index in [2.05, 4.69) is 17.6 Å². The molecule has 0 aromatic heterocycles. The molecule has 0 bridgehead atoms. The van der Waals surface area contributed by atoms with Crippen molar-refractivity contribution in [2.24, 2.45) is 5.73 Å². The number of nitrogens with one attached hydrogen (secondary N) is 2. The highest BCUT2D eigenvalue weighted by atomic mass is 14.9. The van der Waals surface area contributed by atoms with E-state index < -0.39 is 0 Å². The fourth-order valence-electron chi connectivity index (χ4n) is 1.61. The van der Waals surface area contributed by atoms with Crippen molar-refractivity contribution in [3.8, 4) is 0 Å². The number of hydrogen-bond donors (Lipinski definition) is 3. The van der Waals surface area contributed by atoms with Crippen LogP contribution in [-0.2, 0) is 0 Å². The fraction of sp³-hybridized carbons (Fsp3) is 1.00. The summed E-state index contributed by atoms with van der Waals surface area (Å²) in [5.41, 5.74) is 5.77. The van der Waals surface area contributed by atoms with Crippen LogP contribution in [0, 0.1) is 0 Å². The molecule has 0 atom stereocenters. The predicted molar refractivity (Wildman–Crippen MR) is 58.9 cm³/mol. The number of rotatable bonds is 2. The Kier molecular flexibility index (Phi) is 8.40. The Bertz CT molecular complexity index is 98.3. The Morgan fingerprint density at radius 3 is 2.00 bits per heavy atom. The first kappa shape index (κ1) is 12.9. The topological polar surface area (TPSA) is 50.1 Å². The largest absolute Gasteiger partial charge is 0.328 e. The van der Waals surface area contributed by atoms with Gasteiger partial charge >= 0.3 is 0 Å². The highest BCUT2D eigenvalue weighted by Gasteiger charge is 2.16. The van der Waals surface area contributed by atoms with E-state index in [0.29, 0.717) is 6.04 Å². The predicted octanol–water partition coefficient (Wildman–Crippen LogP) is 0.701. The van der Waals surface area contributed by atoms with E-state index in [0.717, 1.165) is 12.6 Å². The molecular formula is C10H25N3. The van der Waals surface area contributed by atoms with Crippen LogP contribution in [0.25, 0.3) is 0 Å². The van der Waals surface area contributed by atoms with Gasteiger partial charge in [-0.2, -0.15) is 0 Å². The van der Waals surface area contributed by atoms with E-state index in [1.165, 1.54) is 25.7 Å². The Morgan fingerprint density at radius 1 is 1.15 bits per heavy atom. The second-order valence-electron chi connectivity index (χ2n) is 3.67. The van der Waals surface area contributed by atoms with Crippen LogP contribution in [0.3, 0.4) is 0 Å². The highest BCUT2D eigenvalue weighted by molar-refractivity contribution is 4.77. The monoisotopic (exact) mass is 187 g/mol. The van der Waals surface area contributed by atoms with Gasteiger partial charge in [0.15, 0.2) is 0 Å². The van der Waals surface area contributed by atoms with E-state index in [1.807, 2.05) is 14.1 Å². The van der Waals surface area contributed by atoms with Crippen molar-refractivity contribution in [3.63, 3.8) is 0 Å². The molecule has 13 heavy (non-hydrogen) atoms. The summed E-state index contributed by atoms with van der Waals surface area (Å²) in [7, 11) is 3.75. The van der Waals surface area contributed by atoms with Crippen LogP contribution in [-0.4, -0.2) is 32.7 Å². The lowest BCUT2D eigenvalue weighted by atomic mass is 9.92. The molecule has 80 valence electrons. The molecule has 0 saturated heterocycles. The van der Waals surface area contributed by atoms with Gasteiger partial charge in [-0.25, -0.2) is 0 Å². The second kappa shape index (κ2) is 8.48. The van der Waals surface area contributed by atoms with E-state index in [1.54, 1.807) is 0 Å². The lowest BCUT2D eigenvalue weighted by Gasteiger charge is -2.26. The lowest BCUT2D eigenvalue weighted by Crippen LogP contribution is -2.37. The Hall–Kier alpha value is -0.120. The molecule has 0 radical (unpaired) electrons. The van der Waals surface area contributed by atoms with Crippen LogP contribution < -0.4 is 16.4 Å². The Morgan fingerprint density at radius 2 is 1.62 bits per heavy atom. The molecule has 0 amide bonds. The summed E-state index contributed by atoms with van der Waals surface area (Å²) in [6.45, 7) is 3.26. The molecule has 3 nitrogen and oxygen atoms in total. The molecule has 0 heterocycles. The SMILES string of the molecule is CCNC1CCC(N)CC1.CNC. The molecule has 1 aliphatic rings. The first-order valence-corrected chi connectivity index (χ1v) is 5.32. The molecule has 0 aliphatic heterocycles. The standard InChI is InChI=1S/C8H18N2.C2H7N/c1-2-10-8-5-3-7(9)4-6-8;1-3-2/h7-8,10H,2-6,9H2,1H3;3H,1-2H3. The summed E-state index contributed by atoms with van der Waals surface area (Å²) in [5.74, 6) is 0. The maximum Gasteiger partial charge on any atom is 0.00681 e. The van der Waals surface area contributed by atoms with E-state index in [-0.39, 0.29) is 0 Å². The van der Waals surface area contributed by atoms with Crippen molar-refractivity contribution in [1.82, 2.24) is 10.6 Å². The Labute approximate surface area is 82.5 Å². The van der Waals surface area contributed by atoms with Crippen LogP contribution in [0.4, 0.5) is 0 Å². The summed E-state index contributed by atoms with van der Waals surface area (Å²) in [6, 6.07) is 1.24. The van der Waals surface area contributed by atoms with Crippen molar-refractivity contribution >= 4 is 0 Å². The third kappa shape index (κ3) is 6.99. The summed E-state index contributed by atoms with van der Waals surface area (Å²) >= 11 is 0. The minimum atomic E-state index is 0.481. The normalized spacial score (nSPS) is 27.7. The van der Waals surface area contributed by atoms with Crippen molar-refractivity contribution in [1.29, 1.82) is 0 Å². The molecule has 1 fully saturated rings. The van der Waals surface area contributed by atoms with Gasteiger partial charge in [-0.05, 0) is 46.3 Å². The van der Waals surface area contributed by atoms with Gasteiger partial charge in [0.25, 0.3) is 0 Å². The quantitative estimate of drug-likeness (QED) is 0.596. The molecule has 4 N–H and O–H groups in total. The van der Waals surface area contributed by atoms with Crippen LogP contribution >= 0.6 is 0 Å². The summed E-state index contributed by atoms with van der Waals surface area (Å²) in [5, 5.41) is 6.20. The second-order valence-corrected chi connectivity index (χ2v) is 3.67. The summed E-state index contributed by atoms with van der Waals surface area (Å²) < 4.78 is 0. The van der Waals surface area contributed by atoms with E-state index in [4.69, 9.17) is 5.73 Å². The van der Waals surface area contributed by atoms with Crippen molar-refractivity contribution in [2.75, 3.05) is 20.6 Å². The first-order valence-electron chi connectivity index (χ1n) is 5.32. The molecule has 0 aromatic rings. The minimum Gasteiger partial charge on any atom is -0.328 e. The van der Waals surface area contributed by atoms with Gasteiger partial charge in [0.2, 0.25) is 0 Å². The maximum atomic E-state index is 5.77. The van der Waals surface area contributed by atoms with Gasteiger partial charge in [-0.15, -0.1) is 0 Å². The maximum absolute atomic E-state index is 5.77. The number of nitrogens with two attached hydrogens (primary N) is 1. The van der Waals surface area contributed by atoms with Gasteiger partial charge in [0, 0.05) is 12.1 Å². The lowest BCUT2D eigenvalue weighted by molar-refractivity contribution is 0.348. The summed E-state index contributed by atoms with van der Waals surface area (Å²) in [6.07, 6.45) is 4.96. The fourth-order valence-corrected chi connectivity index (χ4v) is 1.61. The zero-order valence-electron chi connectivity index (χ0n) is 9.27. The molecule has 1 aliphatic carbocycles. The van der Waals surface area contributed by atoms with Crippen molar-refractivity contribution in [2.45, 2.75) is 44.7 Å². The van der Waals surface area contributed by atoms with Crippen LogP contribution in [0.1, 0.15) is 32.6 Å². The van der Waals surface area contributed by atoms with Crippen LogP contribution in [0.15, 0.2) is 0 Å². The zero-order chi connectivity index (χ0) is 10.1. The Balaban J connectivity index is 0.000000424. The third-order valence-electron chi connectivity index (χ3n) is 2.26.